The summed E-state index contributed by atoms with van der Waals surface area (Å²) in [6.45, 7) is 7.84. The Balaban J connectivity index is 2.22. The minimum Gasteiger partial charge on any atom is -0.375 e. The minimum atomic E-state index is -3.57. The van der Waals surface area contributed by atoms with Crippen molar-refractivity contribution < 1.29 is 13.2 Å². The number of rotatable bonds is 6. The van der Waals surface area contributed by atoms with Gasteiger partial charge in [-0.15, -0.1) is 11.3 Å². The highest BCUT2D eigenvalue weighted by Gasteiger charge is 2.22. The van der Waals surface area contributed by atoms with Gasteiger partial charge in [0, 0.05) is 23.4 Å². The molecule has 0 aliphatic heterocycles. The summed E-state index contributed by atoms with van der Waals surface area (Å²) in [7, 11) is -1.98. The smallest absolute Gasteiger partial charge is 0.241 e. The van der Waals surface area contributed by atoms with E-state index >= 15 is 0 Å². The molecular weight excluding hydrogens is 330 g/mol. The molecule has 1 unspecified atom stereocenters. The molecule has 0 aliphatic carbocycles. The fourth-order valence-electron chi connectivity index (χ4n) is 2.77. The summed E-state index contributed by atoms with van der Waals surface area (Å²) in [5.41, 5.74) is 2.58. The zero-order valence-electron chi connectivity index (χ0n) is 14.1. The van der Waals surface area contributed by atoms with Crippen LogP contribution >= 0.6 is 11.3 Å². The molecule has 0 amide bonds. The molecule has 0 bridgehead atoms. The first kappa shape index (κ1) is 18.1. The largest absolute Gasteiger partial charge is 0.375 e. The highest BCUT2D eigenvalue weighted by atomic mass is 32.2. The third kappa shape index (κ3) is 4.20. The van der Waals surface area contributed by atoms with E-state index < -0.39 is 10.0 Å². The van der Waals surface area contributed by atoms with Crippen LogP contribution in [0.3, 0.4) is 0 Å². The first-order valence-electron chi connectivity index (χ1n) is 7.41. The number of benzene rings is 1. The van der Waals surface area contributed by atoms with Crippen molar-refractivity contribution in [3.8, 4) is 0 Å². The average molecular weight is 354 g/mol. The predicted octanol–water partition coefficient (Wildman–Crippen LogP) is 3.65. The van der Waals surface area contributed by atoms with E-state index in [4.69, 9.17) is 4.74 Å². The molecule has 0 aliphatic rings. The number of sulfonamides is 1. The van der Waals surface area contributed by atoms with E-state index in [0.29, 0.717) is 4.90 Å². The second kappa shape index (κ2) is 7.13. The van der Waals surface area contributed by atoms with E-state index in [9.17, 15) is 8.42 Å². The van der Waals surface area contributed by atoms with Crippen molar-refractivity contribution in [1.29, 1.82) is 0 Å². The standard InChI is InChI=1S/C17H23NO3S2/c1-11-8-12(2)17(13(3)9-11)23(19,20)18-10-15(21-5)16-7-6-14(4)22-16/h6-9,15,18H,10H2,1-5H3. The highest BCUT2D eigenvalue weighted by Crippen LogP contribution is 2.26. The summed E-state index contributed by atoms with van der Waals surface area (Å²) in [5, 5.41) is 0. The fraction of sp³-hybridized carbons (Fsp3) is 0.412. The van der Waals surface area contributed by atoms with Gasteiger partial charge in [-0.2, -0.15) is 0 Å². The Kier molecular flexibility index (Phi) is 5.62. The Morgan fingerprint density at radius 1 is 1.13 bits per heavy atom. The maximum absolute atomic E-state index is 12.7. The highest BCUT2D eigenvalue weighted by molar-refractivity contribution is 7.89. The number of methoxy groups -OCH3 is 1. The Morgan fingerprint density at radius 3 is 2.22 bits per heavy atom. The second-order valence-corrected chi connectivity index (χ2v) is 8.78. The van der Waals surface area contributed by atoms with Gasteiger partial charge in [-0.05, 0) is 51.0 Å². The molecule has 1 aromatic carbocycles. The van der Waals surface area contributed by atoms with E-state index in [1.807, 2.05) is 52.0 Å². The van der Waals surface area contributed by atoms with Crippen LogP contribution in [-0.2, 0) is 14.8 Å². The third-order valence-corrected chi connectivity index (χ3v) is 6.52. The van der Waals surface area contributed by atoms with Crippen molar-refractivity contribution >= 4 is 21.4 Å². The van der Waals surface area contributed by atoms with Gasteiger partial charge in [-0.3, -0.25) is 0 Å². The van der Waals surface area contributed by atoms with Gasteiger partial charge in [0.1, 0.15) is 6.10 Å². The van der Waals surface area contributed by atoms with E-state index in [-0.39, 0.29) is 12.6 Å². The molecule has 0 spiro atoms. The number of hydrogen-bond donors (Lipinski definition) is 1. The lowest BCUT2D eigenvalue weighted by Crippen LogP contribution is -2.30. The monoisotopic (exact) mass is 353 g/mol. The molecule has 2 rings (SSSR count). The Hall–Kier alpha value is -1.21. The second-order valence-electron chi connectivity index (χ2n) is 5.75. The zero-order valence-corrected chi connectivity index (χ0v) is 15.8. The number of ether oxygens (including phenoxy) is 1. The Bertz CT molecular complexity index is 771. The fourth-order valence-corrected chi connectivity index (χ4v) is 5.21. The molecule has 2 aromatic rings. The zero-order chi connectivity index (χ0) is 17.2. The molecule has 0 fully saturated rings. The van der Waals surface area contributed by atoms with E-state index in [2.05, 4.69) is 4.72 Å². The van der Waals surface area contributed by atoms with Gasteiger partial charge in [0.2, 0.25) is 10.0 Å². The van der Waals surface area contributed by atoms with Gasteiger partial charge in [0.05, 0.1) is 4.90 Å². The molecule has 1 N–H and O–H groups in total. The third-order valence-electron chi connectivity index (χ3n) is 3.70. The molecule has 6 heteroatoms. The lowest BCUT2D eigenvalue weighted by Gasteiger charge is -2.17. The van der Waals surface area contributed by atoms with Crippen LogP contribution < -0.4 is 4.72 Å². The molecule has 1 aromatic heterocycles. The molecule has 0 saturated heterocycles. The Labute approximate surface area is 142 Å². The van der Waals surface area contributed by atoms with Crippen LogP contribution in [0.1, 0.15) is 32.5 Å². The molecule has 1 heterocycles. The molecule has 0 saturated carbocycles. The summed E-state index contributed by atoms with van der Waals surface area (Å²) in [5.74, 6) is 0. The van der Waals surface area contributed by atoms with Crippen LogP contribution in [-0.4, -0.2) is 22.1 Å². The van der Waals surface area contributed by atoms with Crippen molar-refractivity contribution in [2.45, 2.75) is 38.7 Å². The molecular formula is C17H23NO3S2. The van der Waals surface area contributed by atoms with Crippen LogP contribution in [0.4, 0.5) is 0 Å². The van der Waals surface area contributed by atoms with Gasteiger partial charge in [0.15, 0.2) is 0 Å². The van der Waals surface area contributed by atoms with Gasteiger partial charge in [-0.25, -0.2) is 13.1 Å². The predicted molar refractivity (Wildman–Crippen MR) is 94.6 cm³/mol. The lowest BCUT2D eigenvalue weighted by atomic mass is 10.1. The van der Waals surface area contributed by atoms with Crippen LogP contribution in [0.2, 0.25) is 0 Å². The molecule has 23 heavy (non-hydrogen) atoms. The maximum Gasteiger partial charge on any atom is 0.241 e. The summed E-state index contributed by atoms with van der Waals surface area (Å²) in [6, 6.07) is 7.76. The van der Waals surface area contributed by atoms with E-state index in [0.717, 1.165) is 21.6 Å². The van der Waals surface area contributed by atoms with Crippen LogP contribution in [0.5, 0.6) is 0 Å². The SMILES string of the molecule is COC(CNS(=O)(=O)c1c(C)cc(C)cc1C)c1ccc(C)s1. The van der Waals surface area contributed by atoms with Gasteiger partial charge >= 0.3 is 0 Å². The lowest BCUT2D eigenvalue weighted by molar-refractivity contribution is 0.110. The molecule has 126 valence electrons. The Morgan fingerprint density at radius 2 is 1.74 bits per heavy atom. The minimum absolute atomic E-state index is 0.214. The topological polar surface area (TPSA) is 55.4 Å². The van der Waals surface area contributed by atoms with Crippen molar-refractivity contribution in [2.75, 3.05) is 13.7 Å². The number of nitrogens with one attached hydrogen (secondary N) is 1. The van der Waals surface area contributed by atoms with Crippen molar-refractivity contribution in [1.82, 2.24) is 4.72 Å². The number of thiophene rings is 1. The first-order valence-corrected chi connectivity index (χ1v) is 9.71. The quantitative estimate of drug-likeness (QED) is 0.862. The first-order chi connectivity index (χ1) is 10.7. The molecule has 1 atom stereocenters. The summed E-state index contributed by atoms with van der Waals surface area (Å²) in [4.78, 5) is 2.56. The normalized spacial score (nSPS) is 13.3. The van der Waals surface area contributed by atoms with Gasteiger partial charge < -0.3 is 4.74 Å². The number of aryl methyl sites for hydroxylation is 4. The molecule has 0 radical (unpaired) electrons. The maximum atomic E-state index is 12.7. The number of hydrogen-bond acceptors (Lipinski definition) is 4. The molecule has 4 nitrogen and oxygen atoms in total. The van der Waals surface area contributed by atoms with Crippen LogP contribution in [0.25, 0.3) is 0 Å². The van der Waals surface area contributed by atoms with Crippen LogP contribution in [0.15, 0.2) is 29.2 Å². The van der Waals surface area contributed by atoms with Gasteiger partial charge in [0.25, 0.3) is 0 Å². The summed E-state index contributed by atoms with van der Waals surface area (Å²) < 4.78 is 33.5. The summed E-state index contributed by atoms with van der Waals surface area (Å²) >= 11 is 1.62. The van der Waals surface area contributed by atoms with Crippen molar-refractivity contribution in [2.24, 2.45) is 0 Å². The van der Waals surface area contributed by atoms with Crippen molar-refractivity contribution in [3.63, 3.8) is 0 Å². The van der Waals surface area contributed by atoms with E-state index in [1.165, 1.54) is 4.88 Å². The van der Waals surface area contributed by atoms with E-state index in [1.54, 1.807) is 18.4 Å². The average Bonchev–Trinajstić information content (AvgIpc) is 2.84. The summed E-state index contributed by atoms with van der Waals surface area (Å²) in [6.07, 6.45) is -0.283. The van der Waals surface area contributed by atoms with Crippen LogP contribution in [0, 0.1) is 27.7 Å². The van der Waals surface area contributed by atoms with Gasteiger partial charge in [-0.1, -0.05) is 17.7 Å². The van der Waals surface area contributed by atoms with Crippen molar-refractivity contribution in [3.05, 3.63) is 50.7 Å².